The van der Waals surface area contributed by atoms with Gasteiger partial charge in [0.15, 0.2) is 0 Å². The van der Waals surface area contributed by atoms with Crippen LogP contribution in [0.4, 0.5) is 17.5 Å². The molecule has 5 heteroatoms. The number of rotatable bonds is 5. The predicted octanol–water partition coefficient (Wildman–Crippen LogP) is 4.55. The second kappa shape index (κ2) is 7.72. The van der Waals surface area contributed by atoms with E-state index in [2.05, 4.69) is 22.1 Å². The number of nitrogens with zero attached hydrogens (tertiary/aromatic N) is 3. The summed E-state index contributed by atoms with van der Waals surface area (Å²) in [5.41, 5.74) is 1.89. The third kappa shape index (κ3) is 4.62. The average molecular weight is 340 g/mol. The molecule has 0 aliphatic carbocycles. The van der Waals surface area contributed by atoms with E-state index in [1.807, 2.05) is 51.1 Å². The van der Waals surface area contributed by atoms with Gasteiger partial charge in [-0.2, -0.15) is 4.98 Å². The Morgan fingerprint density at radius 3 is 2.60 bits per heavy atom. The summed E-state index contributed by atoms with van der Waals surface area (Å²) < 4.78 is 5.89. The summed E-state index contributed by atoms with van der Waals surface area (Å²) in [6.07, 6.45) is 2.52. The maximum absolute atomic E-state index is 5.89. The topological polar surface area (TPSA) is 50.3 Å². The number of benzene rings is 1. The molecule has 0 atom stereocenters. The molecular weight excluding hydrogens is 312 g/mol. The van der Waals surface area contributed by atoms with Crippen molar-refractivity contribution < 1.29 is 4.74 Å². The zero-order chi connectivity index (χ0) is 17.8. The summed E-state index contributed by atoms with van der Waals surface area (Å²) in [6.45, 7) is 10.4. The monoisotopic (exact) mass is 340 g/mol. The number of piperidine rings is 1. The Labute approximate surface area is 150 Å². The van der Waals surface area contributed by atoms with Gasteiger partial charge in [0, 0.05) is 24.8 Å². The molecule has 1 aliphatic heterocycles. The quantitative estimate of drug-likeness (QED) is 0.865. The molecule has 1 aromatic heterocycles. The summed E-state index contributed by atoms with van der Waals surface area (Å²) in [7, 11) is 0. The fourth-order valence-electron chi connectivity index (χ4n) is 3.03. The first-order valence-electron chi connectivity index (χ1n) is 9.14. The molecule has 1 saturated heterocycles. The fourth-order valence-corrected chi connectivity index (χ4v) is 3.03. The van der Waals surface area contributed by atoms with E-state index in [0.29, 0.717) is 0 Å². The van der Waals surface area contributed by atoms with E-state index in [4.69, 9.17) is 9.72 Å². The van der Waals surface area contributed by atoms with Gasteiger partial charge in [-0.1, -0.05) is 19.1 Å². The summed E-state index contributed by atoms with van der Waals surface area (Å²) >= 11 is 0. The number of para-hydroxylation sites is 2. The third-order valence-electron chi connectivity index (χ3n) is 4.42. The van der Waals surface area contributed by atoms with E-state index in [-0.39, 0.29) is 6.10 Å². The maximum Gasteiger partial charge on any atom is 0.227 e. The van der Waals surface area contributed by atoms with Gasteiger partial charge < -0.3 is 15.0 Å². The molecule has 0 radical (unpaired) electrons. The molecule has 1 fully saturated rings. The summed E-state index contributed by atoms with van der Waals surface area (Å²) in [5, 5.41) is 3.40. The molecule has 1 N–H and O–H groups in total. The normalized spacial score (nSPS) is 15.5. The van der Waals surface area contributed by atoms with Crippen LogP contribution in [0.25, 0.3) is 0 Å². The lowest BCUT2D eigenvalue weighted by Gasteiger charge is -2.30. The molecule has 0 amide bonds. The van der Waals surface area contributed by atoms with Crippen LogP contribution in [0.2, 0.25) is 0 Å². The molecule has 1 aliphatic rings. The van der Waals surface area contributed by atoms with Crippen LogP contribution in [0.15, 0.2) is 30.3 Å². The molecule has 134 valence electrons. The van der Waals surface area contributed by atoms with Crippen LogP contribution in [-0.2, 0) is 0 Å². The van der Waals surface area contributed by atoms with Gasteiger partial charge in [0.2, 0.25) is 5.95 Å². The highest BCUT2D eigenvalue weighted by molar-refractivity contribution is 5.65. The highest BCUT2D eigenvalue weighted by Crippen LogP contribution is 2.29. The van der Waals surface area contributed by atoms with Gasteiger partial charge in [0.1, 0.15) is 11.6 Å². The van der Waals surface area contributed by atoms with Crippen molar-refractivity contribution in [1.82, 2.24) is 9.97 Å². The smallest absolute Gasteiger partial charge is 0.227 e. The van der Waals surface area contributed by atoms with Gasteiger partial charge in [-0.15, -0.1) is 0 Å². The zero-order valence-electron chi connectivity index (χ0n) is 15.6. The van der Waals surface area contributed by atoms with Crippen molar-refractivity contribution in [2.75, 3.05) is 23.3 Å². The number of nitrogens with one attached hydrogen (secondary N) is 1. The predicted molar refractivity (Wildman–Crippen MR) is 103 cm³/mol. The number of hydrogen-bond donors (Lipinski definition) is 1. The van der Waals surface area contributed by atoms with Crippen molar-refractivity contribution in [2.24, 2.45) is 5.92 Å². The first-order valence-corrected chi connectivity index (χ1v) is 9.14. The van der Waals surface area contributed by atoms with Crippen molar-refractivity contribution in [3.8, 4) is 5.75 Å². The second-order valence-electron chi connectivity index (χ2n) is 7.15. The van der Waals surface area contributed by atoms with E-state index in [9.17, 15) is 0 Å². The minimum atomic E-state index is 0.126. The van der Waals surface area contributed by atoms with Gasteiger partial charge in [-0.3, -0.25) is 0 Å². The van der Waals surface area contributed by atoms with Gasteiger partial charge in [-0.05, 0) is 51.7 Å². The fraction of sp³-hybridized carbons (Fsp3) is 0.500. The molecular formula is C20H28N4O. The van der Waals surface area contributed by atoms with E-state index < -0.39 is 0 Å². The Balaban J connectivity index is 1.82. The number of hydrogen-bond acceptors (Lipinski definition) is 5. The van der Waals surface area contributed by atoms with Crippen molar-refractivity contribution >= 4 is 17.5 Å². The lowest BCUT2D eigenvalue weighted by molar-refractivity contribution is 0.244. The van der Waals surface area contributed by atoms with Crippen LogP contribution in [0.1, 0.15) is 39.3 Å². The van der Waals surface area contributed by atoms with Crippen LogP contribution in [0.5, 0.6) is 5.75 Å². The van der Waals surface area contributed by atoms with Crippen molar-refractivity contribution in [2.45, 2.75) is 46.6 Å². The van der Waals surface area contributed by atoms with E-state index >= 15 is 0 Å². The van der Waals surface area contributed by atoms with Gasteiger partial charge >= 0.3 is 0 Å². The number of aromatic nitrogens is 2. The molecule has 2 heterocycles. The summed E-state index contributed by atoms with van der Waals surface area (Å²) in [6, 6.07) is 9.94. The SMILES string of the molecule is Cc1cc(Nc2ccccc2OC(C)C)nc(N2CCC(C)CC2)n1. The molecule has 0 unspecified atom stereocenters. The van der Waals surface area contributed by atoms with E-state index in [1.165, 1.54) is 12.8 Å². The van der Waals surface area contributed by atoms with Crippen LogP contribution >= 0.6 is 0 Å². The summed E-state index contributed by atoms with van der Waals surface area (Å²) in [5.74, 6) is 3.25. The Kier molecular flexibility index (Phi) is 5.41. The molecule has 0 saturated carbocycles. The number of ether oxygens (including phenoxy) is 1. The summed E-state index contributed by atoms with van der Waals surface area (Å²) in [4.78, 5) is 11.7. The lowest BCUT2D eigenvalue weighted by Crippen LogP contribution is -2.34. The Morgan fingerprint density at radius 2 is 1.88 bits per heavy atom. The minimum absolute atomic E-state index is 0.126. The first-order chi connectivity index (χ1) is 12.0. The van der Waals surface area contributed by atoms with E-state index in [0.717, 1.165) is 47.9 Å². The number of aryl methyl sites for hydroxylation is 1. The molecule has 2 aromatic rings. The van der Waals surface area contributed by atoms with Crippen molar-refractivity contribution in [3.05, 3.63) is 36.0 Å². The van der Waals surface area contributed by atoms with Crippen LogP contribution in [-0.4, -0.2) is 29.2 Å². The Bertz CT molecular complexity index is 709. The van der Waals surface area contributed by atoms with Crippen molar-refractivity contribution in [1.29, 1.82) is 0 Å². The number of anilines is 3. The molecule has 1 aromatic carbocycles. The lowest BCUT2D eigenvalue weighted by atomic mass is 10.00. The van der Waals surface area contributed by atoms with Gasteiger partial charge in [-0.25, -0.2) is 4.98 Å². The van der Waals surface area contributed by atoms with Crippen LogP contribution in [0.3, 0.4) is 0 Å². The molecule has 0 bridgehead atoms. The van der Waals surface area contributed by atoms with Crippen LogP contribution in [0, 0.1) is 12.8 Å². The zero-order valence-corrected chi connectivity index (χ0v) is 15.6. The highest BCUT2D eigenvalue weighted by Gasteiger charge is 2.19. The Morgan fingerprint density at radius 1 is 1.16 bits per heavy atom. The molecule has 0 spiro atoms. The first kappa shape index (κ1) is 17.5. The Hall–Kier alpha value is -2.30. The average Bonchev–Trinajstić information content (AvgIpc) is 2.56. The molecule has 3 rings (SSSR count). The standard InChI is InChI=1S/C20H28N4O/c1-14(2)25-18-8-6-5-7-17(18)22-19-13-16(4)21-20(23-19)24-11-9-15(3)10-12-24/h5-8,13-15H,9-12H2,1-4H3,(H,21,22,23). The van der Waals surface area contributed by atoms with E-state index in [1.54, 1.807) is 0 Å². The highest BCUT2D eigenvalue weighted by atomic mass is 16.5. The molecule has 5 nitrogen and oxygen atoms in total. The van der Waals surface area contributed by atoms with Gasteiger partial charge in [0.25, 0.3) is 0 Å². The van der Waals surface area contributed by atoms with Gasteiger partial charge in [0.05, 0.1) is 11.8 Å². The second-order valence-corrected chi connectivity index (χ2v) is 7.15. The largest absolute Gasteiger partial charge is 0.489 e. The minimum Gasteiger partial charge on any atom is -0.489 e. The van der Waals surface area contributed by atoms with Crippen molar-refractivity contribution in [3.63, 3.8) is 0 Å². The van der Waals surface area contributed by atoms with Crippen LogP contribution < -0.4 is 15.0 Å². The molecule has 25 heavy (non-hydrogen) atoms. The third-order valence-corrected chi connectivity index (χ3v) is 4.42. The maximum atomic E-state index is 5.89.